The number of carboxylic acid groups (broad SMARTS) is 1. The highest BCUT2D eigenvalue weighted by atomic mass is 16.4. The first kappa shape index (κ1) is 16.5. The first-order valence-electron chi connectivity index (χ1n) is 7.90. The number of amides is 1. The third-order valence-electron chi connectivity index (χ3n) is 3.76. The molecule has 4 heteroatoms. The van der Waals surface area contributed by atoms with Crippen molar-refractivity contribution in [3.63, 3.8) is 0 Å². The van der Waals surface area contributed by atoms with Crippen LogP contribution in [0.25, 0.3) is 0 Å². The van der Waals surface area contributed by atoms with Gasteiger partial charge in [-0.1, -0.05) is 48.5 Å². The number of benzene rings is 3. The zero-order chi connectivity index (χ0) is 17.6. The SMILES string of the molecule is O=C(O)Cc1cccc(N(C(=O)c2ccccc2)c2ccccc2)c1. The molecule has 3 aromatic rings. The second kappa shape index (κ2) is 7.45. The van der Waals surface area contributed by atoms with Gasteiger partial charge in [-0.15, -0.1) is 0 Å². The Hall–Kier alpha value is -3.40. The fraction of sp³-hybridized carbons (Fsp3) is 0.0476. The van der Waals surface area contributed by atoms with Crippen LogP contribution in [-0.4, -0.2) is 17.0 Å². The van der Waals surface area contributed by atoms with Crippen molar-refractivity contribution in [3.8, 4) is 0 Å². The van der Waals surface area contributed by atoms with Gasteiger partial charge in [0.25, 0.3) is 5.91 Å². The number of carbonyl (C=O) groups is 2. The number of para-hydroxylation sites is 1. The van der Waals surface area contributed by atoms with E-state index in [9.17, 15) is 9.59 Å². The molecule has 0 fully saturated rings. The second-order valence-electron chi connectivity index (χ2n) is 5.58. The van der Waals surface area contributed by atoms with Crippen molar-refractivity contribution in [2.24, 2.45) is 0 Å². The smallest absolute Gasteiger partial charge is 0.307 e. The van der Waals surface area contributed by atoms with Gasteiger partial charge in [-0.05, 0) is 42.0 Å². The molecule has 0 unspecified atom stereocenters. The van der Waals surface area contributed by atoms with E-state index in [0.717, 1.165) is 5.69 Å². The van der Waals surface area contributed by atoms with Crippen molar-refractivity contribution in [1.82, 2.24) is 0 Å². The summed E-state index contributed by atoms with van der Waals surface area (Å²) in [7, 11) is 0. The topological polar surface area (TPSA) is 57.6 Å². The Balaban J connectivity index is 2.06. The van der Waals surface area contributed by atoms with Gasteiger partial charge in [0.05, 0.1) is 6.42 Å². The second-order valence-corrected chi connectivity index (χ2v) is 5.58. The molecule has 124 valence electrons. The lowest BCUT2D eigenvalue weighted by atomic mass is 10.1. The van der Waals surface area contributed by atoms with Gasteiger partial charge in [0.2, 0.25) is 0 Å². The molecule has 0 aliphatic rings. The number of hydrogen-bond donors (Lipinski definition) is 1. The van der Waals surface area contributed by atoms with Crippen molar-refractivity contribution in [2.75, 3.05) is 4.90 Å². The van der Waals surface area contributed by atoms with E-state index in [1.54, 1.807) is 41.3 Å². The number of nitrogens with zero attached hydrogens (tertiary/aromatic N) is 1. The molecule has 1 N–H and O–H groups in total. The van der Waals surface area contributed by atoms with Gasteiger partial charge in [0.1, 0.15) is 0 Å². The van der Waals surface area contributed by atoms with Crippen LogP contribution in [0.3, 0.4) is 0 Å². The Morgan fingerprint density at radius 2 is 1.36 bits per heavy atom. The van der Waals surface area contributed by atoms with E-state index in [1.807, 2.05) is 48.5 Å². The van der Waals surface area contributed by atoms with Gasteiger partial charge in [-0.2, -0.15) is 0 Å². The van der Waals surface area contributed by atoms with Crippen molar-refractivity contribution in [2.45, 2.75) is 6.42 Å². The Kier molecular flexibility index (Phi) is 4.90. The molecule has 0 aliphatic heterocycles. The minimum absolute atomic E-state index is 0.0873. The number of rotatable bonds is 5. The predicted molar refractivity (Wildman–Crippen MR) is 97.1 cm³/mol. The molecule has 0 saturated carbocycles. The van der Waals surface area contributed by atoms with Crippen LogP contribution < -0.4 is 4.90 Å². The summed E-state index contributed by atoms with van der Waals surface area (Å²) < 4.78 is 0. The molecule has 1 amide bonds. The molecule has 0 bridgehead atoms. The van der Waals surface area contributed by atoms with E-state index in [-0.39, 0.29) is 12.3 Å². The summed E-state index contributed by atoms with van der Waals surface area (Å²) >= 11 is 0. The zero-order valence-electron chi connectivity index (χ0n) is 13.5. The standard InChI is InChI=1S/C21H17NO3/c23-20(24)15-16-8-7-13-19(14-16)22(18-11-5-2-6-12-18)21(25)17-9-3-1-4-10-17/h1-14H,15H2,(H,23,24). The van der Waals surface area contributed by atoms with Crippen LogP contribution in [0.2, 0.25) is 0 Å². The van der Waals surface area contributed by atoms with Crippen LogP contribution in [0.15, 0.2) is 84.9 Å². The Bertz CT molecular complexity index is 876. The molecule has 3 rings (SSSR count). The van der Waals surface area contributed by atoms with Crippen LogP contribution in [0, 0.1) is 0 Å². The Labute approximate surface area is 146 Å². The van der Waals surface area contributed by atoms with Crippen molar-refractivity contribution >= 4 is 23.3 Å². The Morgan fingerprint density at radius 1 is 0.760 bits per heavy atom. The minimum atomic E-state index is -0.905. The summed E-state index contributed by atoms with van der Waals surface area (Å²) in [5.41, 5.74) is 2.57. The average molecular weight is 331 g/mol. The van der Waals surface area contributed by atoms with Crippen molar-refractivity contribution in [3.05, 3.63) is 96.1 Å². The molecule has 0 saturated heterocycles. The molecular weight excluding hydrogens is 314 g/mol. The van der Waals surface area contributed by atoms with Crippen LogP contribution >= 0.6 is 0 Å². The van der Waals surface area contributed by atoms with Crippen LogP contribution in [0.1, 0.15) is 15.9 Å². The minimum Gasteiger partial charge on any atom is -0.481 e. The van der Waals surface area contributed by atoms with Crippen molar-refractivity contribution in [1.29, 1.82) is 0 Å². The maximum atomic E-state index is 13.1. The van der Waals surface area contributed by atoms with E-state index in [0.29, 0.717) is 16.8 Å². The monoisotopic (exact) mass is 331 g/mol. The predicted octanol–water partition coefficient (Wildman–Crippen LogP) is 4.29. The van der Waals surface area contributed by atoms with Crippen LogP contribution in [0.5, 0.6) is 0 Å². The first-order valence-corrected chi connectivity index (χ1v) is 7.90. The number of carbonyl (C=O) groups excluding carboxylic acids is 1. The van der Waals surface area contributed by atoms with Crippen molar-refractivity contribution < 1.29 is 14.7 Å². The number of anilines is 2. The van der Waals surface area contributed by atoms with E-state index in [1.165, 1.54) is 0 Å². The molecule has 4 nitrogen and oxygen atoms in total. The molecule has 0 aliphatic carbocycles. The molecule has 0 heterocycles. The lowest BCUT2D eigenvalue weighted by Crippen LogP contribution is -2.26. The van der Waals surface area contributed by atoms with Gasteiger partial charge in [0, 0.05) is 16.9 Å². The third kappa shape index (κ3) is 3.93. The van der Waals surface area contributed by atoms with Gasteiger partial charge < -0.3 is 5.11 Å². The molecule has 3 aromatic carbocycles. The zero-order valence-corrected chi connectivity index (χ0v) is 13.5. The molecule has 0 spiro atoms. The summed E-state index contributed by atoms with van der Waals surface area (Å²) in [6, 6.07) is 25.4. The van der Waals surface area contributed by atoms with E-state index in [4.69, 9.17) is 5.11 Å². The summed E-state index contributed by atoms with van der Waals surface area (Å²) in [4.78, 5) is 25.7. The molecular formula is C21H17NO3. The van der Waals surface area contributed by atoms with Crippen LogP contribution in [0.4, 0.5) is 11.4 Å². The largest absolute Gasteiger partial charge is 0.481 e. The highest BCUT2D eigenvalue weighted by Gasteiger charge is 2.20. The maximum Gasteiger partial charge on any atom is 0.307 e. The van der Waals surface area contributed by atoms with Crippen LogP contribution in [-0.2, 0) is 11.2 Å². The molecule has 0 radical (unpaired) electrons. The Morgan fingerprint density at radius 3 is 2.00 bits per heavy atom. The molecule has 0 atom stereocenters. The normalized spacial score (nSPS) is 10.2. The van der Waals surface area contributed by atoms with E-state index in [2.05, 4.69) is 0 Å². The van der Waals surface area contributed by atoms with Gasteiger partial charge in [-0.25, -0.2) is 0 Å². The maximum absolute atomic E-state index is 13.1. The number of aliphatic carboxylic acids is 1. The molecule has 0 aromatic heterocycles. The summed E-state index contributed by atoms with van der Waals surface area (Å²) in [5.74, 6) is -1.07. The molecule has 25 heavy (non-hydrogen) atoms. The highest BCUT2D eigenvalue weighted by Crippen LogP contribution is 2.28. The summed E-state index contributed by atoms with van der Waals surface area (Å²) in [5, 5.41) is 9.02. The van der Waals surface area contributed by atoms with E-state index < -0.39 is 5.97 Å². The van der Waals surface area contributed by atoms with E-state index >= 15 is 0 Å². The third-order valence-corrected chi connectivity index (χ3v) is 3.76. The lowest BCUT2D eigenvalue weighted by Gasteiger charge is -2.23. The van der Waals surface area contributed by atoms with Gasteiger partial charge in [0.15, 0.2) is 0 Å². The quantitative estimate of drug-likeness (QED) is 0.758. The lowest BCUT2D eigenvalue weighted by molar-refractivity contribution is -0.136. The summed E-state index contributed by atoms with van der Waals surface area (Å²) in [6.07, 6.45) is -0.0873. The fourth-order valence-electron chi connectivity index (χ4n) is 2.65. The van der Waals surface area contributed by atoms with Gasteiger partial charge in [-0.3, -0.25) is 14.5 Å². The fourth-order valence-corrected chi connectivity index (χ4v) is 2.65. The number of hydrogen-bond acceptors (Lipinski definition) is 2. The highest BCUT2D eigenvalue weighted by molar-refractivity contribution is 6.10. The first-order chi connectivity index (χ1) is 12.1. The van der Waals surface area contributed by atoms with Gasteiger partial charge >= 0.3 is 5.97 Å². The number of carboxylic acids is 1. The summed E-state index contributed by atoms with van der Waals surface area (Å²) in [6.45, 7) is 0. The average Bonchev–Trinajstić information content (AvgIpc) is 2.63.